The number of ether oxygens (including phenoxy) is 1. The molecule has 0 fully saturated rings. The van der Waals surface area contributed by atoms with E-state index in [9.17, 15) is 0 Å². The van der Waals surface area contributed by atoms with Crippen LogP contribution in [-0.4, -0.2) is 16.6 Å². The van der Waals surface area contributed by atoms with E-state index in [-0.39, 0.29) is 0 Å². The van der Waals surface area contributed by atoms with Gasteiger partial charge in [0.2, 0.25) is 0 Å². The Morgan fingerprint density at radius 3 is 2.80 bits per heavy atom. The molecule has 0 radical (unpaired) electrons. The molecule has 0 spiro atoms. The minimum absolute atomic E-state index is 0.393. The lowest BCUT2D eigenvalue weighted by molar-refractivity contribution is 0.341. The number of nitrogens with zero attached hydrogens (tertiary/aromatic N) is 2. The summed E-state index contributed by atoms with van der Waals surface area (Å²) >= 11 is 12.0. The molecule has 2 aromatic rings. The normalized spacial score (nSPS) is 10.6. The van der Waals surface area contributed by atoms with E-state index in [1.54, 1.807) is 12.1 Å². The predicted molar refractivity (Wildman–Crippen MR) is 60.7 cm³/mol. The van der Waals surface area contributed by atoms with Crippen LogP contribution in [0.5, 0.6) is 5.75 Å². The van der Waals surface area contributed by atoms with Crippen molar-refractivity contribution in [1.82, 2.24) is 9.97 Å². The maximum absolute atomic E-state index is 6.12. The van der Waals surface area contributed by atoms with Crippen LogP contribution >= 0.6 is 23.2 Å². The average Bonchev–Trinajstić information content (AvgIpc) is 2.23. The van der Waals surface area contributed by atoms with Gasteiger partial charge in [0.25, 0.3) is 0 Å². The molecule has 1 aromatic carbocycles. The van der Waals surface area contributed by atoms with Gasteiger partial charge in [-0.25, -0.2) is 9.97 Å². The first-order valence-electron chi connectivity index (χ1n) is 4.45. The van der Waals surface area contributed by atoms with Crippen LogP contribution in [0.3, 0.4) is 0 Å². The molecule has 0 bridgehead atoms. The minimum atomic E-state index is 0.393. The van der Waals surface area contributed by atoms with Gasteiger partial charge in [-0.2, -0.15) is 0 Å². The van der Waals surface area contributed by atoms with Crippen LogP contribution in [0.25, 0.3) is 10.9 Å². The summed E-state index contributed by atoms with van der Waals surface area (Å²) in [5, 5.41) is 1.59. The number of aromatic nitrogens is 2. The lowest BCUT2D eigenvalue weighted by atomic mass is 10.2. The van der Waals surface area contributed by atoms with Gasteiger partial charge in [0.15, 0.2) is 0 Å². The molecule has 15 heavy (non-hydrogen) atoms. The van der Waals surface area contributed by atoms with Crippen molar-refractivity contribution in [2.45, 2.75) is 6.92 Å². The van der Waals surface area contributed by atoms with Crippen LogP contribution in [0.2, 0.25) is 10.2 Å². The molecule has 0 amide bonds. The molecule has 1 heterocycles. The van der Waals surface area contributed by atoms with Gasteiger partial charge in [-0.15, -0.1) is 0 Å². The van der Waals surface area contributed by atoms with Gasteiger partial charge >= 0.3 is 0 Å². The average molecular weight is 243 g/mol. The molecule has 78 valence electrons. The van der Waals surface area contributed by atoms with E-state index >= 15 is 0 Å². The Bertz CT molecular complexity index is 502. The number of fused-ring (bicyclic) bond motifs is 1. The van der Waals surface area contributed by atoms with Crippen LogP contribution < -0.4 is 4.74 Å². The lowest BCUT2D eigenvalue weighted by Crippen LogP contribution is -1.93. The maximum Gasteiger partial charge on any atom is 0.140 e. The standard InChI is InChI=1S/C10H8Cl2N2O/c1-2-15-7-4-3-6-9(8(7)11)13-5-14-10(6)12/h3-5H,2H2,1H3. The van der Waals surface area contributed by atoms with E-state index in [1.807, 2.05) is 6.92 Å². The summed E-state index contributed by atoms with van der Waals surface area (Å²) in [6.07, 6.45) is 1.38. The van der Waals surface area contributed by atoms with Crippen LogP contribution in [0.1, 0.15) is 6.92 Å². The number of benzene rings is 1. The molecule has 0 aliphatic heterocycles. The molecule has 3 nitrogen and oxygen atoms in total. The molecule has 1 aromatic heterocycles. The molecule has 0 aliphatic carbocycles. The van der Waals surface area contributed by atoms with Gasteiger partial charge in [-0.1, -0.05) is 23.2 Å². The smallest absolute Gasteiger partial charge is 0.140 e. The molecule has 2 rings (SSSR count). The van der Waals surface area contributed by atoms with Gasteiger partial charge in [0.05, 0.1) is 12.1 Å². The Hall–Kier alpha value is -1.06. The van der Waals surface area contributed by atoms with Crippen LogP contribution in [0, 0.1) is 0 Å². The van der Waals surface area contributed by atoms with Crippen LogP contribution in [0.15, 0.2) is 18.5 Å². The van der Waals surface area contributed by atoms with Gasteiger partial charge in [-0.05, 0) is 19.1 Å². The SMILES string of the molecule is CCOc1ccc2c(Cl)ncnc2c1Cl. The molecule has 0 N–H and O–H groups in total. The summed E-state index contributed by atoms with van der Waals surface area (Å²) in [5.74, 6) is 0.612. The molecular weight excluding hydrogens is 235 g/mol. The Labute approximate surface area is 97.0 Å². The first-order chi connectivity index (χ1) is 7.24. The van der Waals surface area contributed by atoms with E-state index < -0.39 is 0 Å². The van der Waals surface area contributed by atoms with E-state index in [0.29, 0.717) is 28.0 Å². The highest BCUT2D eigenvalue weighted by atomic mass is 35.5. The van der Waals surface area contributed by atoms with E-state index in [4.69, 9.17) is 27.9 Å². The van der Waals surface area contributed by atoms with Gasteiger partial charge < -0.3 is 4.74 Å². The number of rotatable bonds is 2. The Balaban J connectivity index is 2.68. The molecular formula is C10H8Cl2N2O. The topological polar surface area (TPSA) is 35.0 Å². The first kappa shape index (κ1) is 10.5. The summed E-state index contributed by atoms with van der Waals surface area (Å²) in [7, 11) is 0. The van der Waals surface area contributed by atoms with Gasteiger partial charge in [0.1, 0.15) is 22.3 Å². The van der Waals surface area contributed by atoms with Crippen molar-refractivity contribution in [3.8, 4) is 5.75 Å². The van der Waals surface area contributed by atoms with Crippen molar-refractivity contribution in [2.24, 2.45) is 0 Å². The highest BCUT2D eigenvalue weighted by molar-refractivity contribution is 6.39. The molecule has 5 heteroatoms. The summed E-state index contributed by atoms with van der Waals surface area (Å²) < 4.78 is 5.35. The van der Waals surface area contributed by atoms with E-state index in [0.717, 1.165) is 5.39 Å². The maximum atomic E-state index is 6.12. The van der Waals surface area contributed by atoms with Crippen molar-refractivity contribution in [3.63, 3.8) is 0 Å². The van der Waals surface area contributed by atoms with E-state index in [2.05, 4.69) is 9.97 Å². The second-order valence-electron chi connectivity index (χ2n) is 2.87. The molecule has 0 saturated heterocycles. The van der Waals surface area contributed by atoms with Crippen molar-refractivity contribution in [2.75, 3.05) is 6.61 Å². The largest absolute Gasteiger partial charge is 0.492 e. The number of halogens is 2. The molecule has 0 unspecified atom stereocenters. The van der Waals surface area contributed by atoms with Crippen molar-refractivity contribution in [3.05, 3.63) is 28.6 Å². The molecule has 0 atom stereocenters. The van der Waals surface area contributed by atoms with Crippen molar-refractivity contribution >= 4 is 34.1 Å². The predicted octanol–water partition coefficient (Wildman–Crippen LogP) is 3.34. The van der Waals surface area contributed by atoms with E-state index in [1.165, 1.54) is 6.33 Å². The minimum Gasteiger partial charge on any atom is -0.492 e. The van der Waals surface area contributed by atoms with Crippen LogP contribution in [-0.2, 0) is 0 Å². The Morgan fingerprint density at radius 2 is 2.07 bits per heavy atom. The summed E-state index contributed by atoms with van der Waals surface area (Å²) in [4.78, 5) is 7.96. The first-order valence-corrected chi connectivity index (χ1v) is 5.21. The summed E-state index contributed by atoms with van der Waals surface area (Å²) in [6.45, 7) is 2.46. The number of hydrogen-bond acceptors (Lipinski definition) is 3. The monoisotopic (exact) mass is 242 g/mol. The van der Waals surface area contributed by atoms with Crippen molar-refractivity contribution in [1.29, 1.82) is 0 Å². The highest BCUT2D eigenvalue weighted by Crippen LogP contribution is 2.33. The quantitative estimate of drug-likeness (QED) is 0.758. The third kappa shape index (κ3) is 1.85. The van der Waals surface area contributed by atoms with Crippen LogP contribution in [0.4, 0.5) is 0 Å². The zero-order valence-electron chi connectivity index (χ0n) is 8.00. The second kappa shape index (κ2) is 4.21. The fourth-order valence-corrected chi connectivity index (χ4v) is 1.78. The molecule has 0 saturated carbocycles. The third-order valence-corrected chi connectivity index (χ3v) is 2.63. The van der Waals surface area contributed by atoms with Gasteiger partial charge in [0, 0.05) is 5.39 Å². The Kier molecular flexibility index (Phi) is 2.93. The summed E-state index contributed by atoms with van der Waals surface area (Å²) in [6, 6.07) is 3.57. The number of hydrogen-bond donors (Lipinski definition) is 0. The highest BCUT2D eigenvalue weighted by Gasteiger charge is 2.09. The zero-order chi connectivity index (χ0) is 10.8. The summed E-state index contributed by atoms with van der Waals surface area (Å²) in [5.41, 5.74) is 0.614. The van der Waals surface area contributed by atoms with Crippen molar-refractivity contribution < 1.29 is 4.74 Å². The fourth-order valence-electron chi connectivity index (χ4n) is 1.31. The zero-order valence-corrected chi connectivity index (χ0v) is 9.51. The fraction of sp³-hybridized carbons (Fsp3) is 0.200. The second-order valence-corrected chi connectivity index (χ2v) is 3.61. The third-order valence-electron chi connectivity index (χ3n) is 1.96. The Morgan fingerprint density at radius 1 is 1.27 bits per heavy atom. The van der Waals surface area contributed by atoms with Gasteiger partial charge in [-0.3, -0.25) is 0 Å². The lowest BCUT2D eigenvalue weighted by Gasteiger charge is -2.07. The molecule has 0 aliphatic rings.